The molecule has 0 saturated heterocycles. The van der Waals surface area contributed by atoms with Gasteiger partial charge in [-0.3, -0.25) is 0 Å². The summed E-state index contributed by atoms with van der Waals surface area (Å²) >= 11 is 0. The van der Waals surface area contributed by atoms with Gasteiger partial charge in [0.25, 0.3) is 0 Å². The van der Waals surface area contributed by atoms with E-state index >= 15 is 0 Å². The van der Waals surface area contributed by atoms with Crippen molar-refractivity contribution in [2.45, 2.75) is 27.2 Å². The van der Waals surface area contributed by atoms with Gasteiger partial charge in [-0.15, -0.1) is 0 Å². The fourth-order valence-electron chi connectivity index (χ4n) is 2.13. The van der Waals surface area contributed by atoms with Crippen LogP contribution < -0.4 is 0 Å². The summed E-state index contributed by atoms with van der Waals surface area (Å²) in [6.07, 6.45) is 0.921. The van der Waals surface area contributed by atoms with Crippen LogP contribution in [0.4, 0.5) is 0 Å². The van der Waals surface area contributed by atoms with E-state index in [-0.39, 0.29) is 0 Å². The lowest BCUT2D eigenvalue weighted by Gasteiger charge is -2.09. The number of allylic oxidation sites excluding steroid dienone is 1. The molecule has 0 N–H and O–H groups in total. The van der Waals surface area contributed by atoms with Crippen LogP contribution in [-0.4, -0.2) is 0 Å². The SMILES string of the molecule is C=C(Cc1ccc(C)c(C)c1)c1cccc(C)c1. The summed E-state index contributed by atoms with van der Waals surface area (Å²) in [6, 6.07) is 15.2. The minimum atomic E-state index is 0.921. The quantitative estimate of drug-likeness (QED) is 0.713. The third-order valence-electron chi connectivity index (χ3n) is 3.42. The maximum Gasteiger partial charge on any atom is -0.00256 e. The summed E-state index contributed by atoms with van der Waals surface area (Å²) in [6.45, 7) is 10.6. The second-order valence-corrected chi connectivity index (χ2v) is 5.07. The minimum absolute atomic E-state index is 0.921. The van der Waals surface area contributed by atoms with Crippen LogP contribution in [0.3, 0.4) is 0 Å². The first kappa shape index (κ1) is 12.6. The molecule has 0 heteroatoms. The minimum Gasteiger partial charge on any atom is -0.0949 e. The highest BCUT2D eigenvalue weighted by Crippen LogP contribution is 2.20. The van der Waals surface area contributed by atoms with Crippen molar-refractivity contribution in [3.8, 4) is 0 Å². The Morgan fingerprint density at radius 3 is 2.39 bits per heavy atom. The van der Waals surface area contributed by atoms with Crippen LogP contribution in [-0.2, 0) is 6.42 Å². The molecule has 0 aliphatic heterocycles. The molecule has 2 rings (SSSR count). The molecule has 0 nitrogen and oxygen atoms in total. The van der Waals surface area contributed by atoms with E-state index < -0.39 is 0 Å². The maximum absolute atomic E-state index is 4.21. The molecule has 0 aromatic heterocycles. The first-order valence-corrected chi connectivity index (χ1v) is 6.37. The smallest absolute Gasteiger partial charge is 0.00256 e. The van der Waals surface area contributed by atoms with E-state index in [4.69, 9.17) is 0 Å². The monoisotopic (exact) mass is 236 g/mol. The fraction of sp³-hybridized carbons (Fsp3) is 0.222. The van der Waals surface area contributed by atoms with Gasteiger partial charge in [0.2, 0.25) is 0 Å². The molecule has 2 aromatic carbocycles. The van der Waals surface area contributed by atoms with Crippen molar-refractivity contribution < 1.29 is 0 Å². The van der Waals surface area contributed by atoms with Crippen molar-refractivity contribution >= 4 is 5.57 Å². The standard InChI is InChI=1S/C18H20/c1-13-6-5-7-18(10-13)16(4)12-17-9-8-14(2)15(3)11-17/h5-11H,4,12H2,1-3H3. The van der Waals surface area contributed by atoms with Crippen LogP contribution >= 0.6 is 0 Å². The molecular weight excluding hydrogens is 216 g/mol. The maximum atomic E-state index is 4.21. The highest BCUT2D eigenvalue weighted by atomic mass is 14.1. The Balaban J connectivity index is 2.18. The average Bonchev–Trinajstić information content (AvgIpc) is 2.34. The molecule has 92 valence electrons. The van der Waals surface area contributed by atoms with Gasteiger partial charge >= 0.3 is 0 Å². The topological polar surface area (TPSA) is 0 Å². The van der Waals surface area contributed by atoms with E-state index in [1.807, 2.05) is 0 Å². The zero-order chi connectivity index (χ0) is 13.1. The van der Waals surface area contributed by atoms with Crippen LogP contribution in [0.5, 0.6) is 0 Å². The van der Waals surface area contributed by atoms with Crippen molar-refractivity contribution in [2.24, 2.45) is 0 Å². The molecule has 0 unspecified atom stereocenters. The molecule has 18 heavy (non-hydrogen) atoms. The summed E-state index contributed by atoms with van der Waals surface area (Å²) in [4.78, 5) is 0. The summed E-state index contributed by atoms with van der Waals surface area (Å²) < 4.78 is 0. The van der Waals surface area contributed by atoms with E-state index in [1.165, 1.54) is 33.4 Å². The Bertz CT molecular complexity index is 576. The highest BCUT2D eigenvalue weighted by Gasteiger charge is 2.02. The summed E-state index contributed by atoms with van der Waals surface area (Å²) in [7, 11) is 0. The molecule has 0 saturated carbocycles. The molecule has 0 aliphatic rings. The number of hydrogen-bond acceptors (Lipinski definition) is 0. The number of hydrogen-bond donors (Lipinski definition) is 0. The largest absolute Gasteiger partial charge is 0.0949 e. The lowest BCUT2D eigenvalue weighted by atomic mass is 9.96. The van der Waals surface area contributed by atoms with Crippen LogP contribution in [0.15, 0.2) is 49.0 Å². The van der Waals surface area contributed by atoms with Gasteiger partial charge in [0, 0.05) is 0 Å². The molecule has 0 fully saturated rings. The van der Waals surface area contributed by atoms with Gasteiger partial charge in [-0.1, -0.05) is 54.6 Å². The number of rotatable bonds is 3. The van der Waals surface area contributed by atoms with Crippen LogP contribution in [0.1, 0.15) is 27.8 Å². The van der Waals surface area contributed by atoms with Gasteiger partial charge in [0.1, 0.15) is 0 Å². The van der Waals surface area contributed by atoms with E-state index in [1.54, 1.807) is 0 Å². The van der Waals surface area contributed by atoms with Gasteiger partial charge in [0.15, 0.2) is 0 Å². The zero-order valence-corrected chi connectivity index (χ0v) is 11.5. The Hall–Kier alpha value is -1.82. The predicted octanol–water partition coefficient (Wildman–Crippen LogP) is 4.87. The first-order valence-electron chi connectivity index (χ1n) is 6.37. The third-order valence-corrected chi connectivity index (χ3v) is 3.42. The summed E-state index contributed by atoms with van der Waals surface area (Å²) in [5.74, 6) is 0. The van der Waals surface area contributed by atoms with E-state index in [0.717, 1.165) is 6.42 Å². The van der Waals surface area contributed by atoms with E-state index in [9.17, 15) is 0 Å². The van der Waals surface area contributed by atoms with Crippen molar-refractivity contribution in [2.75, 3.05) is 0 Å². The Labute approximate surface area is 110 Å². The van der Waals surface area contributed by atoms with Crippen molar-refractivity contribution in [3.05, 3.63) is 76.9 Å². The van der Waals surface area contributed by atoms with Gasteiger partial charge < -0.3 is 0 Å². The molecule has 2 aromatic rings. The summed E-state index contributed by atoms with van der Waals surface area (Å²) in [5, 5.41) is 0. The Kier molecular flexibility index (Phi) is 3.66. The molecular formula is C18H20. The molecule has 0 spiro atoms. The van der Waals surface area contributed by atoms with Gasteiger partial charge in [-0.25, -0.2) is 0 Å². The van der Waals surface area contributed by atoms with E-state index in [2.05, 4.69) is 69.8 Å². The molecule has 0 heterocycles. The van der Waals surface area contributed by atoms with Crippen molar-refractivity contribution in [3.63, 3.8) is 0 Å². The van der Waals surface area contributed by atoms with Gasteiger partial charge in [0.05, 0.1) is 0 Å². The van der Waals surface area contributed by atoms with Crippen LogP contribution in [0.25, 0.3) is 5.57 Å². The molecule has 0 aliphatic carbocycles. The third kappa shape index (κ3) is 2.89. The lowest BCUT2D eigenvalue weighted by Crippen LogP contribution is -1.92. The van der Waals surface area contributed by atoms with Gasteiger partial charge in [-0.2, -0.15) is 0 Å². The second kappa shape index (κ2) is 5.22. The van der Waals surface area contributed by atoms with Gasteiger partial charge in [-0.05, 0) is 55.0 Å². The van der Waals surface area contributed by atoms with Crippen molar-refractivity contribution in [1.29, 1.82) is 0 Å². The second-order valence-electron chi connectivity index (χ2n) is 5.07. The summed E-state index contributed by atoms with van der Waals surface area (Å²) in [5.41, 5.74) is 7.75. The zero-order valence-electron chi connectivity index (χ0n) is 11.5. The van der Waals surface area contributed by atoms with E-state index in [0.29, 0.717) is 0 Å². The molecule has 0 bridgehead atoms. The fourth-order valence-corrected chi connectivity index (χ4v) is 2.13. The molecule has 0 radical (unpaired) electrons. The number of benzene rings is 2. The molecule has 0 atom stereocenters. The Morgan fingerprint density at radius 2 is 1.72 bits per heavy atom. The van der Waals surface area contributed by atoms with Crippen molar-refractivity contribution in [1.82, 2.24) is 0 Å². The number of aryl methyl sites for hydroxylation is 3. The van der Waals surface area contributed by atoms with Crippen LogP contribution in [0.2, 0.25) is 0 Å². The lowest BCUT2D eigenvalue weighted by molar-refractivity contribution is 1.23. The van der Waals surface area contributed by atoms with Crippen LogP contribution in [0, 0.1) is 20.8 Å². The Morgan fingerprint density at radius 1 is 0.944 bits per heavy atom. The predicted molar refractivity (Wildman–Crippen MR) is 79.8 cm³/mol. The average molecular weight is 236 g/mol. The normalized spacial score (nSPS) is 10.4. The first-order chi connectivity index (χ1) is 8.56. The molecule has 0 amide bonds. The highest BCUT2D eigenvalue weighted by molar-refractivity contribution is 5.66.